The molecule has 0 saturated carbocycles. The van der Waals surface area contributed by atoms with E-state index in [9.17, 15) is 5.26 Å². The topological polar surface area (TPSA) is 48.3 Å². The predicted molar refractivity (Wildman–Crippen MR) is 87.2 cm³/mol. The van der Waals surface area contributed by atoms with Crippen LogP contribution in [0.25, 0.3) is 0 Å². The van der Waals surface area contributed by atoms with Crippen LogP contribution in [0.1, 0.15) is 52.4 Å². The summed E-state index contributed by atoms with van der Waals surface area (Å²) in [5.74, 6) is 0.689. The van der Waals surface area contributed by atoms with Crippen LogP contribution in [0.2, 0.25) is 0 Å². The monoisotopic (exact) mass is 295 g/mol. The molecule has 2 atom stereocenters. The molecule has 21 heavy (non-hydrogen) atoms. The Hall–Kier alpha value is -0.630. The first-order valence-electron chi connectivity index (χ1n) is 8.57. The summed E-state index contributed by atoms with van der Waals surface area (Å²) < 4.78 is 5.29. The van der Waals surface area contributed by atoms with Crippen molar-refractivity contribution in [3.05, 3.63) is 0 Å². The number of hydrogen-bond donors (Lipinski definition) is 1. The summed E-state index contributed by atoms with van der Waals surface area (Å²) in [6.07, 6.45) is 6.58. The lowest BCUT2D eigenvalue weighted by molar-refractivity contribution is 0.0889. The highest BCUT2D eigenvalue weighted by atomic mass is 16.5. The molecule has 0 radical (unpaired) electrons. The molecule has 2 unspecified atom stereocenters. The maximum absolute atomic E-state index is 9.51. The third-order valence-corrected chi connectivity index (χ3v) is 4.61. The van der Waals surface area contributed by atoms with Crippen LogP contribution in [0.15, 0.2) is 0 Å². The SMILES string of the molecule is CCCNC(C#N)(CC)CCCN1CCCC(COC)C1. The average Bonchev–Trinajstić information content (AvgIpc) is 2.52. The van der Waals surface area contributed by atoms with Crippen molar-refractivity contribution in [2.45, 2.75) is 57.9 Å². The van der Waals surface area contributed by atoms with Gasteiger partial charge in [0.1, 0.15) is 5.54 Å². The maximum Gasteiger partial charge on any atom is 0.106 e. The van der Waals surface area contributed by atoms with Gasteiger partial charge >= 0.3 is 0 Å². The predicted octanol–water partition coefficient (Wildman–Crippen LogP) is 2.80. The van der Waals surface area contributed by atoms with E-state index in [4.69, 9.17) is 4.74 Å². The Morgan fingerprint density at radius 3 is 2.86 bits per heavy atom. The molecule has 0 aromatic carbocycles. The summed E-state index contributed by atoms with van der Waals surface area (Å²) in [5, 5.41) is 13.0. The number of nitriles is 1. The molecule has 0 spiro atoms. The van der Waals surface area contributed by atoms with Gasteiger partial charge < -0.3 is 9.64 Å². The fraction of sp³-hybridized carbons (Fsp3) is 0.941. The Balaban J connectivity index is 2.34. The van der Waals surface area contributed by atoms with Gasteiger partial charge in [0.05, 0.1) is 12.7 Å². The second-order valence-electron chi connectivity index (χ2n) is 6.34. The number of ether oxygens (including phenoxy) is 1. The van der Waals surface area contributed by atoms with Gasteiger partial charge in [-0.05, 0) is 64.1 Å². The number of piperidine rings is 1. The minimum Gasteiger partial charge on any atom is -0.384 e. The second kappa shape index (κ2) is 10.2. The Kier molecular flexibility index (Phi) is 8.91. The van der Waals surface area contributed by atoms with Gasteiger partial charge in [0.2, 0.25) is 0 Å². The third kappa shape index (κ3) is 6.34. The molecule has 1 heterocycles. The third-order valence-electron chi connectivity index (χ3n) is 4.61. The maximum atomic E-state index is 9.51. The zero-order valence-electron chi connectivity index (χ0n) is 14.2. The first-order valence-corrected chi connectivity index (χ1v) is 8.57. The van der Waals surface area contributed by atoms with Crippen LogP contribution in [-0.2, 0) is 4.74 Å². The lowest BCUT2D eigenvalue weighted by Crippen LogP contribution is -2.45. The molecule has 0 bridgehead atoms. The quantitative estimate of drug-likeness (QED) is 0.673. The van der Waals surface area contributed by atoms with Gasteiger partial charge in [-0.2, -0.15) is 5.26 Å². The molecule has 0 aromatic heterocycles. The Morgan fingerprint density at radius 2 is 2.24 bits per heavy atom. The average molecular weight is 295 g/mol. The fourth-order valence-corrected chi connectivity index (χ4v) is 3.26. The van der Waals surface area contributed by atoms with Crippen molar-refractivity contribution >= 4 is 0 Å². The molecule has 122 valence electrons. The van der Waals surface area contributed by atoms with Crippen molar-refractivity contribution in [1.82, 2.24) is 10.2 Å². The van der Waals surface area contributed by atoms with Crippen LogP contribution in [0.3, 0.4) is 0 Å². The second-order valence-corrected chi connectivity index (χ2v) is 6.34. The number of nitrogens with zero attached hydrogens (tertiary/aromatic N) is 2. The standard InChI is InChI=1S/C17H33N3O/c1-4-10-19-17(5-2,15-18)9-7-12-20-11-6-8-16(13-20)14-21-3/h16,19H,4-14H2,1-3H3. The van der Waals surface area contributed by atoms with Crippen molar-refractivity contribution in [1.29, 1.82) is 5.26 Å². The zero-order chi connectivity index (χ0) is 15.6. The van der Waals surface area contributed by atoms with E-state index in [0.717, 1.165) is 51.9 Å². The molecule has 1 saturated heterocycles. The van der Waals surface area contributed by atoms with Gasteiger partial charge in [-0.1, -0.05) is 13.8 Å². The molecular weight excluding hydrogens is 262 g/mol. The molecule has 0 aliphatic carbocycles. The summed E-state index contributed by atoms with van der Waals surface area (Å²) >= 11 is 0. The number of methoxy groups -OCH3 is 1. The van der Waals surface area contributed by atoms with Gasteiger partial charge in [-0.15, -0.1) is 0 Å². The van der Waals surface area contributed by atoms with Crippen LogP contribution < -0.4 is 5.32 Å². The Bertz CT molecular complexity index is 314. The van der Waals surface area contributed by atoms with Gasteiger partial charge in [-0.25, -0.2) is 0 Å². The van der Waals surface area contributed by atoms with Gasteiger partial charge in [0, 0.05) is 13.7 Å². The molecule has 1 rings (SSSR count). The van der Waals surface area contributed by atoms with E-state index >= 15 is 0 Å². The first-order chi connectivity index (χ1) is 10.2. The number of hydrogen-bond acceptors (Lipinski definition) is 4. The number of rotatable bonds is 10. The lowest BCUT2D eigenvalue weighted by atomic mass is 9.91. The van der Waals surface area contributed by atoms with E-state index in [2.05, 4.69) is 30.1 Å². The Labute approximate surface area is 130 Å². The normalized spacial score (nSPS) is 22.7. The molecule has 1 fully saturated rings. The summed E-state index contributed by atoms with van der Waals surface area (Å²) in [5.41, 5.74) is -0.322. The van der Waals surface area contributed by atoms with Gasteiger partial charge in [-0.3, -0.25) is 5.32 Å². The van der Waals surface area contributed by atoms with Crippen molar-refractivity contribution in [2.75, 3.05) is 39.9 Å². The van der Waals surface area contributed by atoms with Gasteiger partial charge in [0.15, 0.2) is 0 Å². The molecule has 4 heteroatoms. The zero-order valence-corrected chi connectivity index (χ0v) is 14.2. The van der Waals surface area contributed by atoms with E-state index < -0.39 is 0 Å². The molecule has 4 nitrogen and oxygen atoms in total. The smallest absolute Gasteiger partial charge is 0.106 e. The molecule has 0 amide bonds. The molecule has 1 N–H and O–H groups in total. The van der Waals surface area contributed by atoms with Crippen LogP contribution in [0.5, 0.6) is 0 Å². The lowest BCUT2D eigenvalue weighted by Gasteiger charge is -2.33. The summed E-state index contributed by atoms with van der Waals surface area (Å²) in [6.45, 7) is 9.54. The van der Waals surface area contributed by atoms with E-state index in [-0.39, 0.29) is 5.54 Å². The van der Waals surface area contributed by atoms with Crippen LogP contribution in [0.4, 0.5) is 0 Å². The van der Waals surface area contributed by atoms with Crippen LogP contribution in [0, 0.1) is 17.2 Å². The minimum atomic E-state index is -0.322. The van der Waals surface area contributed by atoms with Crippen molar-refractivity contribution in [3.63, 3.8) is 0 Å². The molecule has 1 aliphatic heterocycles. The van der Waals surface area contributed by atoms with Crippen LogP contribution >= 0.6 is 0 Å². The molecule has 0 aromatic rings. The highest BCUT2D eigenvalue weighted by molar-refractivity contribution is 5.06. The van der Waals surface area contributed by atoms with E-state index in [0.29, 0.717) is 5.92 Å². The van der Waals surface area contributed by atoms with E-state index in [1.807, 2.05) is 0 Å². The molecule has 1 aliphatic rings. The molecular formula is C17H33N3O. The van der Waals surface area contributed by atoms with Gasteiger partial charge in [0.25, 0.3) is 0 Å². The fourth-order valence-electron chi connectivity index (χ4n) is 3.26. The minimum absolute atomic E-state index is 0.322. The van der Waals surface area contributed by atoms with Crippen LogP contribution in [-0.4, -0.2) is 50.3 Å². The number of nitrogens with one attached hydrogen (secondary N) is 1. The largest absolute Gasteiger partial charge is 0.384 e. The van der Waals surface area contributed by atoms with Crippen molar-refractivity contribution in [3.8, 4) is 6.07 Å². The number of likely N-dealkylation sites (tertiary alicyclic amines) is 1. The Morgan fingerprint density at radius 1 is 1.43 bits per heavy atom. The van der Waals surface area contributed by atoms with Crippen molar-refractivity contribution < 1.29 is 4.74 Å². The summed E-state index contributed by atoms with van der Waals surface area (Å²) in [4.78, 5) is 2.55. The first kappa shape index (κ1) is 18.4. The van der Waals surface area contributed by atoms with E-state index in [1.165, 1.54) is 19.4 Å². The van der Waals surface area contributed by atoms with Crippen molar-refractivity contribution in [2.24, 2.45) is 5.92 Å². The summed E-state index contributed by atoms with van der Waals surface area (Å²) in [7, 11) is 1.79. The summed E-state index contributed by atoms with van der Waals surface area (Å²) in [6, 6.07) is 2.52. The van der Waals surface area contributed by atoms with E-state index in [1.54, 1.807) is 7.11 Å². The highest BCUT2D eigenvalue weighted by Gasteiger charge is 2.27. The highest BCUT2D eigenvalue weighted by Crippen LogP contribution is 2.20.